The second-order valence-electron chi connectivity index (χ2n) is 10.2. The van der Waals surface area contributed by atoms with Crippen molar-refractivity contribution in [3.63, 3.8) is 0 Å². The Balaban J connectivity index is 1.67. The summed E-state index contributed by atoms with van der Waals surface area (Å²) in [6.45, 7) is 10.5. The van der Waals surface area contributed by atoms with Crippen LogP contribution in [-0.2, 0) is 9.53 Å². The Hall–Kier alpha value is -0.830. The van der Waals surface area contributed by atoms with Crippen molar-refractivity contribution in [2.24, 2.45) is 28.6 Å². The topological polar surface area (TPSA) is 29.5 Å². The second-order valence-corrected chi connectivity index (χ2v) is 10.2. The summed E-state index contributed by atoms with van der Waals surface area (Å²) in [5.74, 6) is 2.53. The maximum absolute atomic E-state index is 12.1. The highest BCUT2D eigenvalue weighted by molar-refractivity contribution is 5.91. The van der Waals surface area contributed by atoms with E-state index in [-0.39, 0.29) is 5.41 Å². The van der Waals surface area contributed by atoms with Crippen molar-refractivity contribution in [2.45, 2.75) is 84.8 Å². The highest BCUT2D eigenvalue weighted by Gasteiger charge is 2.61. The van der Waals surface area contributed by atoms with E-state index in [9.17, 15) is 4.79 Å². The summed E-state index contributed by atoms with van der Waals surface area (Å²) in [5.41, 5.74) is 1.95. The lowest BCUT2D eigenvalue weighted by Crippen LogP contribution is -2.60. The van der Waals surface area contributed by atoms with Crippen LogP contribution in [0.15, 0.2) is 11.8 Å². The summed E-state index contributed by atoms with van der Waals surface area (Å²) in [6.07, 6.45) is 10.5. The summed E-state index contributed by atoms with van der Waals surface area (Å²) in [5, 5.41) is 0. The maximum atomic E-state index is 12.1. The van der Waals surface area contributed by atoms with Crippen LogP contribution >= 0.6 is 0 Å². The molecule has 1 aliphatic heterocycles. The normalized spacial score (nSPS) is 47.9. The van der Waals surface area contributed by atoms with E-state index in [1.54, 1.807) is 0 Å². The Bertz CT molecular complexity index is 613. The quantitative estimate of drug-likeness (QED) is 0.724. The lowest BCUT2D eigenvalue weighted by atomic mass is 9.49. The van der Waals surface area contributed by atoms with E-state index in [4.69, 9.17) is 4.74 Å². The predicted octanol–water partition coefficient (Wildman–Crippen LogP) is 4.81. The minimum atomic E-state index is 0.184. The third kappa shape index (κ3) is 2.60. The van der Waals surface area contributed by atoms with Gasteiger partial charge in [0.25, 0.3) is 0 Å². The zero-order valence-corrected chi connectivity index (χ0v) is 17.4. The van der Waals surface area contributed by atoms with Gasteiger partial charge >= 0.3 is 0 Å². The fraction of sp³-hybridized carbons (Fsp3) is 0.870. The van der Waals surface area contributed by atoms with E-state index in [1.165, 1.54) is 31.4 Å². The molecule has 1 saturated heterocycles. The van der Waals surface area contributed by atoms with Gasteiger partial charge in [-0.15, -0.1) is 0 Å². The van der Waals surface area contributed by atoms with Gasteiger partial charge in [-0.3, -0.25) is 4.79 Å². The van der Waals surface area contributed by atoms with Gasteiger partial charge in [0.2, 0.25) is 0 Å². The van der Waals surface area contributed by atoms with Crippen molar-refractivity contribution in [2.75, 3.05) is 13.7 Å². The SMILES string of the molecule is CCCO[C@H]1C[C@H]2[C@@H]3[C@@H](C)N(C)C4=CC(=O)CC[C@]4(C)[C@H]3CC[C@]2(C)C1. The summed E-state index contributed by atoms with van der Waals surface area (Å²) in [4.78, 5) is 14.6. The number of rotatable bonds is 3. The van der Waals surface area contributed by atoms with Crippen molar-refractivity contribution in [1.29, 1.82) is 0 Å². The Labute approximate surface area is 159 Å². The molecule has 2 saturated carbocycles. The van der Waals surface area contributed by atoms with Crippen LogP contribution in [0.25, 0.3) is 0 Å². The molecule has 4 aliphatic rings. The lowest BCUT2D eigenvalue weighted by Gasteiger charge is -2.62. The van der Waals surface area contributed by atoms with Crippen molar-refractivity contribution in [3.8, 4) is 0 Å². The van der Waals surface area contributed by atoms with Gasteiger partial charge in [-0.2, -0.15) is 0 Å². The number of carbonyl (C=O) groups excluding carboxylic acids is 1. The number of nitrogens with zero attached hydrogens (tertiary/aromatic N) is 1. The zero-order valence-electron chi connectivity index (χ0n) is 17.4. The molecule has 0 aromatic rings. The molecular formula is C23H37NO2. The maximum Gasteiger partial charge on any atom is 0.157 e. The summed E-state index contributed by atoms with van der Waals surface area (Å²) in [7, 11) is 2.23. The van der Waals surface area contributed by atoms with Crippen LogP contribution in [0.3, 0.4) is 0 Å². The Morgan fingerprint density at radius 3 is 2.77 bits per heavy atom. The molecule has 1 heterocycles. The number of piperidine rings is 1. The molecule has 7 atom stereocenters. The number of hydrogen-bond donors (Lipinski definition) is 0. The van der Waals surface area contributed by atoms with Crippen LogP contribution in [0.4, 0.5) is 0 Å². The van der Waals surface area contributed by atoms with Crippen molar-refractivity contribution < 1.29 is 9.53 Å². The first-order valence-corrected chi connectivity index (χ1v) is 10.9. The fourth-order valence-electron chi connectivity index (χ4n) is 7.28. The van der Waals surface area contributed by atoms with E-state index >= 15 is 0 Å². The molecule has 0 aromatic carbocycles. The van der Waals surface area contributed by atoms with E-state index in [2.05, 4.69) is 39.6 Å². The highest BCUT2D eigenvalue weighted by atomic mass is 16.5. The third-order valence-corrected chi connectivity index (χ3v) is 8.76. The van der Waals surface area contributed by atoms with Crippen molar-refractivity contribution >= 4 is 5.78 Å². The zero-order chi connectivity index (χ0) is 18.7. The van der Waals surface area contributed by atoms with E-state index in [1.807, 2.05) is 6.08 Å². The molecule has 0 bridgehead atoms. The molecule has 0 radical (unpaired) electrons. The van der Waals surface area contributed by atoms with E-state index in [0.29, 0.717) is 23.3 Å². The molecule has 26 heavy (non-hydrogen) atoms. The highest BCUT2D eigenvalue weighted by Crippen LogP contribution is 2.65. The number of fused-ring (bicyclic) bond motifs is 5. The number of ketones is 1. The molecular weight excluding hydrogens is 322 g/mol. The van der Waals surface area contributed by atoms with Crippen molar-refractivity contribution in [1.82, 2.24) is 4.90 Å². The average Bonchev–Trinajstić information content (AvgIpc) is 2.95. The molecule has 3 heteroatoms. The van der Waals surface area contributed by atoms with Gasteiger partial charge in [0.1, 0.15) is 0 Å². The summed E-state index contributed by atoms with van der Waals surface area (Å²) < 4.78 is 6.23. The van der Waals surface area contributed by atoms with Crippen LogP contribution < -0.4 is 0 Å². The lowest BCUT2D eigenvalue weighted by molar-refractivity contribution is -0.121. The van der Waals surface area contributed by atoms with Gasteiger partial charge in [0, 0.05) is 43.3 Å². The third-order valence-electron chi connectivity index (χ3n) is 8.76. The van der Waals surface area contributed by atoms with Crippen LogP contribution in [0.2, 0.25) is 0 Å². The van der Waals surface area contributed by atoms with Gasteiger partial charge in [-0.1, -0.05) is 20.8 Å². The first kappa shape index (κ1) is 18.5. The van der Waals surface area contributed by atoms with Gasteiger partial charge in [-0.25, -0.2) is 0 Å². The molecule has 0 spiro atoms. The Morgan fingerprint density at radius 2 is 2.04 bits per heavy atom. The van der Waals surface area contributed by atoms with Crippen molar-refractivity contribution in [3.05, 3.63) is 11.8 Å². The molecule has 3 nitrogen and oxygen atoms in total. The second kappa shape index (κ2) is 6.36. The van der Waals surface area contributed by atoms with E-state index < -0.39 is 0 Å². The smallest absolute Gasteiger partial charge is 0.157 e. The summed E-state index contributed by atoms with van der Waals surface area (Å²) >= 11 is 0. The van der Waals surface area contributed by atoms with Gasteiger partial charge in [0.15, 0.2) is 5.78 Å². The molecule has 146 valence electrons. The standard InChI is InChI=1S/C23H37NO2/c1-6-11-26-17-13-19-21-15(2)24(5)20-12-16(25)7-10-23(20,4)18(21)8-9-22(19,3)14-17/h12,15,17-19,21H,6-11,13-14H2,1-5H3/t15-,17+,18+,19+,21-,22-,23-/m1/s1. The van der Waals surface area contributed by atoms with Crippen LogP contribution in [-0.4, -0.2) is 36.5 Å². The Morgan fingerprint density at radius 1 is 1.27 bits per heavy atom. The van der Waals surface area contributed by atoms with Crippen LogP contribution in [0.1, 0.15) is 72.6 Å². The van der Waals surface area contributed by atoms with Crippen LogP contribution in [0.5, 0.6) is 0 Å². The molecule has 3 fully saturated rings. The monoisotopic (exact) mass is 359 g/mol. The first-order valence-electron chi connectivity index (χ1n) is 10.9. The average molecular weight is 360 g/mol. The summed E-state index contributed by atoms with van der Waals surface area (Å²) in [6, 6.07) is 0.514. The largest absolute Gasteiger partial charge is 0.378 e. The van der Waals surface area contributed by atoms with Crippen LogP contribution in [0, 0.1) is 28.6 Å². The number of hydrogen-bond acceptors (Lipinski definition) is 3. The number of allylic oxidation sites excluding steroid dienone is 2. The van der Waals surface area contributed by atoms with Gasteiger partial charge < -0.3 is 9.64 Å². The predicted molar refractivity (Wildman–Crippen MR) is 105 cm³/mol. The molecule has 0 aromatic heterocycles. The fourth-order valence-corrected chi connectivity index (χ4v) is 7.28. The number of likely N-dealkylation sites (tertiary alicyclic amines) is 1. The molecule has 4 rings (SSSR count). The molecule has 0 amide bonds. The van der Waals surface area contributed by atoms with E-state index in [0.717, 1.165) is 43.6 Å². The molecule has 0 N–H and O–H groups in total. The molecule has 3 aliphatic carbocycles. The van der Waals surface area contributed by atoms with Gasteiger partial charge in [-0.05, 0) is 68.6 Å². The molecule has 0 unspecified atom stereocenters. The number of carbonyl (C=O) groups is 1. The Kier molecular flexibility index (Phi) is 4.53. The first-order chi connectivity index (χ1) is 12.3. The minimum Gasteiger partial charge on any atom is -0.378 e. The van der Waals surface area contributed by atoms with Gasteiger partial charge in [0.05, 0.1) is 6.10 Å². The minimum absolute atomic E-state index is 0.184. The number of ether oxygens (including phenoxy) is 1.